The van der Waals surface area contributed by atoms with Gasteiger partial charge in [0.15, 0.2) is 6.39 Å². The highest BCUT2D eigenvalue weighted by Gasteiger charge is 2.18. The van der Waals surface area contributed by atoms with Crippen molar-refractivity contribution >= 4 is 29.2 Å². The zero-order chi connectivity index (χ0) is 14.0. The number of carboxylic acids is 1. The largest absolute Gasteiger partial charge is 0.478 e. The number of carbonyl (C=O) groups excluding carboxylic acids is 1. The number of rotatable bonds is 3. The van der Waals surface area contributed by atoms with E-state index in [2.05, 4.69) is 10.3 Å². The summed E-state index contributed by atoms with van der Waals surface area (Å²) in [5.74, 6) is -1.72. The molecule has 0 saturated heterocycles. The van der Waals surface area contributed by atoms with Crippen LogP contribution in [0.5, 0.6) is 0 Å². The minimum Gasteiger partial charge on any atom is -0.478 e. The summed E-state index contributed by atoms with van der Waals surface area (Å²) in [6, 6.07) is 4.10. The van der Waals surface area contributed by atoms with Crippen LogP contribution in [0.3, 0.4) is 0 Å². The molecule has 1 aromatic carbocycles. The minimum atomic E-state index is -1.17. The van der Waals surface area contributed by atoms with Crippen molar-refractivity contribution in [1.82, 2.24) is 4.98 Å². The summed E-state index contributed by atoms with van der Waals surface area (Å²) in [4.78, 5) is 26.7. The molecule has 2 N–H and O–H groups in total. The summed E-state index contributed by atoms with van der Waals surface area (Å²) in [7, 11) is 0. The van der Waals surface area contributed by atoms with Gasteiger partial charge in [-0.3, -0.25) is 4.79 Å². The van der Waals surface area contributed by atoms with E-state index in [4.69, 9.17) is 21.1 Å². The third-order valence-corrected chi connectivity index (χ3v) is 2.65. The molecule has 0 aliphatic heterocycles. The molecular formula is C12H9ClN2O4. The Kier molecular flexibility index (Phi) is 3.52. The minimum absolute atomic E-state index is 0.0244. The highest BCUT2D eigenvalue weighted by molar-refractivity contribution is 6.31. The van der Waals surface area contributed by atoms with Crippen LogP contribution < -0.4 is 5.32 Å². The lowest BCUT2D eigenvalue weighted by Crippen LogP contribution is -2.15. The number of halogens is 1. The molecule has 98 valence electrons. The predicted octanol–water partition coefficient (Wildman–Crippen LogP) is 2.59. The molecule has 0 atom stereocenters. The Morgan fingerprint density at radius 2 is 2.16 bits per heavy atom. The topological polar surface area (TPSA) is 92.4 Å². The average Bonchev–Trinajstić information content (AvgIpc) is 2.75. The van der Waals surface area contributed by atoms with Gasteiger partial charge in [-0.2, -0.15) is 0 Å². The molecule has 0 spiro atoms. The van der Waals surface area contributed by atoms with Crippen molar-refractivity contribution in [2.24, 2.45) is 0 Å². The molecule has 1 aromatic heterocycles. The van der Waals surface area contributed by atoms with Crippen LogP contribution >= 0.6 is 11.6 Å². The van der Waals surface area contributed by atoms with Crippen LogP contribution in [0.25, 0.3) is 0 Å². The Morgan fingerprint density at radius 1 is 1.42 bits per heavy atom. The smallest absolute Gasteiger partial charge is 0.337 e. The van der Waals surface area contributed by atoms with Crippen molar-refractivity contribution < 1.29 is 19.1 Å². The normalized spacial score (nSPS) is 10.2. The number of aryl methyl sites for hydroxylation is 1. The highest BCUT2D eigenvalue weighted by Crippen LogP contribution is 2.22. The molecule has 0 unspecified atom stereocenters. The fourth-order valence-electron chi connectivity index (χ4n) is 1.51. The summed E-state index contributed by atoms with van der Waals surface area (Å²) in [6.07, 6.45) is 1.14. The Labute approximate surface area is 113 Å². The van der Waals surface area contributed by atoms with Crippen molar-refractivity contribution in [1.29, 1.82) is 0 Å². The predicted molar refractivity (Wildman–Crippen MR) is 67.6 cm³/mol. The molecular weight excluding hydrogens is 272 g/mol. The Bertz CT molecular complexity index is 651. The first-order chi connectivity index (χ1) is 8.99. The van der Waals surface area contributed by atoms with E-state index in [0.717, 1.165) is 6.39 Å². The van der Waals surface area contributed by atoms with E-state index in [-0.39, 0.29) is 17.0 Å². The molecule has 2 aromatic rings. The molecule has 2 rings (SSSR count). The number of hydrogen-bond acceptors (Lipinski definition) is 4. The zero-order valence-corrected chi connectivity index (χ0v) is 10.6. The van der Waals surface area contributed by atoms with E-state index in [1.807, 2.05) is 0 Å². The van der Waals surface area contributed by atoms with Gasteiger partial charge < -0.3 is 14.8 Å². The fourth-order valence-corrected chi connectivity index (χ4v) is 1.68. The van der Waals surface area contributed by atoms with E-state index >= 15 is 0 Å². The first kappa shape index (κ1) is 13.1. The van der Waals surface area contributed by atoms with Crippen molar-refractivity contribution in [2.45, 2.75) is 6.92 Å². The van der Waals surface area contributed by atoms with Crippen molar-refractivity contribution in [3.8, 4) is 0 Å². The maximum absolute atomic E-state index is 11.9. The number of benzene rings is 1. The summed E-state index contributed by atoms with van der Waals surface area (Å²) < 4.78 is 4.93. The van der Waals surface area contributed by atoms with Gasteiger partial charge >= 0.3 is 5.97 Å². The number of carboxylic acid groups (broad SMARTS) is 1. The number of nitrogens with zero attached hydrogens (tertiary/aromatic N) is 1. The van der Waals surface area contributed by atoms with Gasteiger partial charge in [0.05, 0.1) is 16.9 Å². The van der Waals surface area contributed by atoms with Crippen molar-refractivity contribution in [2.75, 3.05) is 5.32 Å². The number of aromatic nitrogens is 1. The molecule has 7 heteroatoms. The molecule has 19 heavy (non-hydrogen) atoms. The summed E-state index contributed by atoms with van der Waals surface area (Å²) >= 11 is 5.78. The van der Waals surface area contributed by atoms with Gasteiger partial charge in [-0.25, -0.2) is 9.78 Å². The van der Waals surface area contributed by atoms with E-state index < -0.39 is 11.9 Å². The maximum atomic E-state index is 11.9. The molecule has 6 nitrogen and oxygen atoms in total. The Balaban J connectivity index is 2.33. The molecule has 1 heterocycles. The zero-order valence-electron chi connectivity index (χ0n) is 9.81. The van der Waals surface area contributed by atoms with E-state index in [0.29, 0.717) is 10.7 Å². The lowest BCUT2D eigenvalue weighted by Gasteiger charge is -2.07. The summed E-state index contributed by atoms with van der Waals surface area (Å²) in [5.41, 5.74) is 0.451. The first-order valence-electron chi connectivity index (χ1n) is 5.23. The first-order valence-corrected chi connectivity index (χ1v) is 5.61. The molecule has 0 fully saturated rings. The molecule has 0 aliphatic carbocycles. The second kappa shape index (κ2) is 5.11. The molecule has 0 radical (unpaired) electrons. The Hall–Kier alpha value is -2.34. The van der Waals surface area contributed by atoms with Crippen LogP contribution in [-0.4, -0.2) is 22.0 Å². The highest BCUT2D eigenvalue weighted by atomic mass is 35.5. The van der Waals surface area contributed by atoms with Crippen LogP contribution in [0.2, 0.25) is 5.02 Å². The van der Waals surface area contributed by atoms with E-state index in [1.165, 1.54) is 18.2 Å². The van der Waals surface area contributed by atoms with Gasteiger partial charge in [0, 0.05) is 5.02 Å². The summed E-state index contributed by atoms with van der Waals surface area (Å²) in [5, 5.41) is 11.8. The van der Waals surface area contributed by atoms with E-state index in [9.17, 15) is 9.59 Å². The average molecular weight is 281 g/mol. The van der Waals surface area contributed by atoms with Crippen LogP contribution in [0.15, 0.2) is 29.0 Å². The third kappa shape index (κ3) is 2.74. The van der Waals surface area contributed by atoms with Gasteiger partial charge in [0.1, 0.15) is 0 Å². The monoisotopic (exact) mass is 280 g/mol. The maximum Gasteiger partial charge on any atom is 0.337 e. The summed E-state index contributed by atoms with van der Waals surface area (Å²) in [6.45, 7) is 1.61. The standard InChI is InChI=1S/C12H9ClN2O4/c1-6-10(19-5-14-6)11(16)15-9-4-7(13)2-3-8(9)12(17)18/h2-5H,1H3,(H,15,16)(H,17,18). The quantitative estimate of drug-likeness (QED) is 0.901. The molecule has 0 bridgehead atoms. The van der Waals surface area contributed by atoms with Crippen LogP contribution in [0.1, 0.15) is 26.6 Å². The third-order valence-electron chi connectivity index (χ3n) is 2.41. The second-order valence-corrected chi connectivity index (χ2v) is 4.15. The number of oxazole rings is 1. The van der Waals surface area contributed by atoms with Gasteiger partial charge in [-0.15, -0.1) is 0 Å². The number of aromatic carboxylic acids is 1. The number of nitrogens with one attached hydrogen (secondary N) is 1. The number of carbonyl (C=O) groups is 2. The van der Waals surface area contributed by atoms with Crippen molar-refractivity contribution in [3.63, 3.8) is 0 Å². The van der Waals surface area contributed by atoms with Crippen LogP contribution in [0.4, 0.5) is 5.69 Å². The van der Waals surface area contributed by atoms with Crippen molar-refractivity contribution in [3.05, 3.63) is 46.6 Å². The van der Waals surface area contributed by atoms with Gasteiger partial charge in [-0.1, -0.05) is 11.6 Å². The van der Waals surface area contributed by atoms with Gasteiger partial charge in [0.25, 0.3) is 5.91 Å². The second-order valence-electron chi connectivity index (χ2n) is 3.72. The van der Waals surface area contributed by atoms with Gasteiger partial charge in [0.2, 0.25) is 5.76 Å². The van der Waals surface area contributed by atoms with E-state index in [1.54, 1.807) is 6.92 Å². The van der Waals surface area contributed by atoms with Crippen LogP contribution in [0, 0.1) is 6.92 Å². The molecule has 0 aliphatic rings. The Morgan fingerprint density at radius 3 is 2.74 bits per heavy atom. The number of anilines is 1. The SMILES string of the molecule is Cc1ncoc1C(=O)Nc1cc(Cl)ccc1C(=O)O. The number of hydrogen-bond donors (Lipinski definition) is 2. The van der Waals surface area contributed by atoms with Gasteiger partial charge in [-0.05, 0) is 25.1 Å². The van der Waals surface area contributed by atoms with Crippen LogP contribution in [-0.2, 0) is 0 Å². The lowest BCUT2D eigenvalue weighted by atomic mass is 10.1. The molecule has 0 saturated carbocycles. The fraction of sp³-hybridized carbons (Fsp3) is 0.0833. The molecule has 1 amide bonds. The number of amides is 1. The lowest BCUT2D eigenvalue weighted by molar-refractivity contribution is 0.0698.